The summed E-state index contributed by atoms with van der Waals surface area (Å²) in [5, 5.41) is 5.02. The zero-order chi connectivity index (χ0) is 20.4. The molecule has 29 heavy (non-hydrogen) atoms. The molecule has 0 radical (unpaired) electrons. The van der Waals surface area contributed by atoms with Gasteiger partial charge in [-0.05, 0) is 60.6 Å². The third kappa shape index (κ3) is 4.01. The molecule has 2 aromatic rings. The monoisotopic (exact) mass is 471 g/mol. The molecule has 2 aromatic carbocycles. The third-order valence-corrected chi connectivity index (χ3v) is 7.24. The van der Waals surface area contributed by atoms with Crippen LogP contribution in [0, 0.1) is 0 Å². The minimum Gasteiger partial charge on any atom is -0.464 e. The molecule has 2 aliphatic rings. The Labute approximate surface area is 183 Å². The topological polar surface area (TPSA) is 55.4 Å². The van der Waals surface area contributed by atoms with Crippen molar-refractivity contribution in [2.24, 2.45) is 0 Å². The maximum atomic E-state index is 12.9. The van der Waals surface area contributed by atoms with Crippen LogP contribution in [0.4, 0.5) is 0 Å². The molecule has 0 fully saturated rings. The lowest BCUT2D eigenvalue weighted by atomic mass is 9.89. The Bertz CT molecular complexity index is 972. The number of hydrogen-bond donors (Lipinski definition) is 1. The number of fused-ring (bicyclic) bond motifs is 1. The van der Waals surface area contributed by atoms with Crippen LogP contribution in [0.2, 0.25) is 0 Å². The summed E-state index contributed by atoms with van der Waals surface area (Å²) in [6.45, 7) is 2.06. The lowest BCUT2D eigenvalue weighted by molar-refractivity contribution is -0.146. The van der Waals surface area contributed by atoms with E-state index in [9.17, 15) is 9.59 Å². The second-order valence-electron chi connectivity index (χ2n) is 7.29. The molecule has 150 valence electrons. The number of nitrogens with one attached hydrogen (secondary N) is 1. The zero-order valence-corrected chi connectivity index (χ0v) is 18.5. The van der Waals surface area contributed by atoms with E-state index in [2.05, 4.69) is 45.5 Å². The highest BCUT2D eigenvalue weighted by molar-refractivity contribution is 9.10. The molecule has 4 rings (SSSR count). The van der Waals surface area contributed by atoms with E-state index in [0.717, 1.165) is 17.3 Å². The molecule has 2 unspecified atom stereocenters. The Kier molecular flexibility index (Phi) is 5.83. The van der Waals surface area contributed by atoms with E-state index in [-0.39, 0.29) is 12.5 Å². The summed E-state index contributed by atoms with van der Waals surface area (Å²) in [5.74, 6) is -0.382. The van der Waals surface area contributed by atoms with Crippen LogP contribution in [0.1, 0.15) is 47.2 Å². The fourth-order valence-corrected chi connectivity index (χ4v) is 5.47. The van der Waals surface area contributed by atoms with E-state index in [1.165, 1.54) is 28.5 Å². The Morgan fingerprint density at radius 3 is 2.72 bits per heavy atom. The van der Waals surface area contributed by atoms with Crippen LogP contribution in [-0.2, 0) is 16.0 Å². The summed E-state index contributed by atoms with van der Waals surface area (Å²) < 4.78 is 6.25. The van der Waals surface area contributed by atoms with Gasteiger partial charge in [-0.1, -0.05) is 57.5 Å². The van der Waals surface area contributed by atoms with E-state index in [0.29, 0.717) is 17.9 Å². The summed E-state index contributed by atoms with van der Waals surface area (Å²) in [7, 11) is 0. The standard InChI is InChI=1S/C23H22BrNO3S/c1-2-28-22(27)23(25-21(26)16-7-10-18(24)11-8-16)13-17(14-29-23)20-12-9-15-5-3-4-6-19(15)20/h3-8,10-11,14,20H,2,9,12-13H2,1H3,(H,25,26). The van der Waals surface area contributed by atoms with Crippen LogP contribution in [-0.4, -0.2) is 23.4 Å². The van der Waals surface area contributed by atoms with Gasteiger partial charge in [-0.2, -0.15) is 0 Å². The molecule has 6 heteroatoms. The lowest BCUT2D eigenvalue weighted by Gasteiger charge is -2.28. The summed E-state index contributed by atoms with van der Waals surface area (Å²) >= 11 is 4.73. The highest BCUT2D eigenvalue weighted by Crippen LogP contribution is 2.49. The van der Waals surface area contributed by atoms with Gasteiger partial charge in [0.1, 0.15) is 0 Å². The highest BCUT2D eigenvalue weighted by atomic mass is 79.9. The molecular formula is C23H22BrNO3S. The molecule has 0 bridgehead atoms. The average molecular weight is 472 g/mol. The Balaban J connectivity index is 1.57. The van der Waals surface area contributed by atoms with Gasteiger partial charge in [0.15, 0.2) is 4.87 Å². The average Bonchev–Trinajstić information content (AvgIpc) is 3.33. The van der Waals surface area contributed by atoms with Crippen LogP contribution in [0.25, 0.3) is 0 Å². The SMILES string of the molecule is CCOC(=O)C1(NC(=O)c2ccc(Br)cc2)CC(C2CCc3ccccc32)=CS1. The first-order valence-electron chi connectivity index (χ1n) is 9.72. The number of esters is 1. The van der Waals surface area contributed by atoms with Crippen LogP contribution in [0.3, 0.4) is 0 Å². The van der Waals surface area contributed by atoms with Crippen LogP contribution in [0.15, 0.2) is 64.0 Å². The number of thioether (sulfide) groups is 1. The van der Waals surface area contributed by atoms with Gasteiger partial charge < -0.3 is 10.1 Å². The Morgan fingerprint density at radius 1 is 1.21 bits per heavy atom. The number of carbonyl (C=O) groups excluding carboxylic acids is 2. The summed E-state index contributed by atoms with van der Waals surface area (Å²) in [4.78, 5) is 24.7. The van der Waals surface area contributed by atoms with Gasteiger partial charge in [-0.25, -0.2) is 4.79 Å². The largest absolute Gasteiger partial charge is 0.464 e. The fraction of sp³-hybridized carbons (Fsp3) is 0.304. The van der Waals surface area contributed by atoms with Gasteiger partial charge in [-0.3, -0.25) is 4.79 Å². The molecule has 1 aliphatic heterocycles. The number of aryl methyl sites for hydroxylation is 1. The third-order valence-electron chi connectivity index (χ3n) is 5.47. The quantitative estimate of drug-likeness (QED) is 0.609. The summed E-state index contributed by atoms with van der Waals surface area (Å²) in [6, 6.07) is 15.6. The van der Waals surface area contributed by atoms with E-state index >= 15 is 0 Å². The minimum atomic E-state index is -1.12. The van der Waals surface area contributed by atoms with Crippen LogP contribution >= 0.6 is 27.7 Å². The molecule has 0 saturated heterocycles. The first kappa shape index (κ1) is 20.2. The number of amides is 1. The van der Waals surface area contributed by atoms with Crippen molar-refractivity contribution in [1.29, 1.82) is 0 Å². The first-order chi connectivity index (χ1) is 14.0. The van der Waals surface area contributed by atoms with E-state index < -0.39 is 10.8 Å². The molecule has 1 amide bonds. The summed E-state index contributed by atoms with van der Waals surface area (Å²) in [5.41, 5.74) is 4.40. The minimum absolute atomic E-state index is 0.275. The van der Waals surface area contributed by atoms with Crippen molar-refractivity contribution >= 4 is 39.6 Å². The Morgan fingerprint density at radius 2 is 1.97 bits per heavy atom. The molecule has 0 aromatic heterocycles. The molecule has 1 aliphatic carbocycles. The van der Waals surface area contributed by atoms with Crippen molar-refractivity contribution in [2.45, 2.75) is 37.0 Å². The zero-order valence-electron chi connectivity index (χ0n) is 16.1. The molecule has 1 heterocycles. The maximum absolute atomic E-state index is 12.9. The van der Waals surface area contributed by atoms with Gasteiger partial charge in [0.2, 0.25) is 0 Å². The lowest BCUT2D eigenvalue weighted by Crippen LogP contribution is -2.51. The molecule has 4 nitrogen and oxygen atoms in total. The molecule has 1 N–H and O–H groups in total. The number of carbonyl (C=O) groups is 2. The van der Waals surface area contributed by atoms with E-state index in [4.69, 9.17) is 4.74 Å². The van der Waals surface area contributed by atoms with Crippen molar-refractivity contribution in [3.05, 3.63) is 80.7 Å². The van der Waals surface area contributed by atoms with E-state index in [1.54, 1.807) is 19.1 Å². The number of halogens is 1. The molecule has 2 atom stereocenters. The van der Waals surface area contributed by atoms with Gasteiger partial charge in [0.05, 0.1) is 6.61 Å². The van der Waals surface area contributed by atoms with Crippen molar-refractivity contribution < 1.29 is 14.3 Å². The summed E-state index contributed by atoms with van der Waals surface area (Å²) in [6.07, 6.45) is 2.53. The molecular weight excluding hydrogens is 450 g/mol. The predicted molar refractivity (Wildman–Crippen MR) is 119 cm³/mol. The smallest absolute Gasteiger partial charge is 0.343 e. The van der Waals surface area contributed by atoms with E-state index in [1.807, 2.05) is 17.5 Å². The van der Waals surface area contributed by atoms with Crippen molar-refractivity contribution in [1.82, 2.24) is 5.32 Å². The number of ether oxygens (including phenoxy) is 1. The predicted octanol–water partition coefficient (Wildman–Crippen LogP) is 5.19. The van der Waals surface area contributed by atoms with Crippen LogP contribution in [0.5, 0.6) is 0 Å². The maximum Gasteiger partial charge on any atom is 0.343 e. The van der Waals surface area contributed by atoms with Crippen molar-refractivity contribution in [3.63, 3.8) is 0 Å². The number of hydrogen-bond acceptors (Lipinski definition) is 4. The van der Waals surface area contributed by atoms with Gasteiger partial charge >= 0.3 is 5.97 Å². The number of rotatable bonds is 5. The number of benzene rings is 2. The first-order valence-corrected chi connectivity index (χ1v) is 11.4. The second-order valence-corrected chi connectivity index (χ2v) is 9.37. The highest BCUT2D eigenvalue weighted by Gasteiger charge is 2.47. The molecule has 0 saturated carbocycles. The fourth-order valence-electron chi connectivity index (χ4n) is 4.04. The van der Waals surface area contributed by atoms with Gasteiger partial charge in [0, 0.05) is 22.4 Å². The van der Waals surface area contributed by atoms with Crippen molar-refractivity contribution in [3.8, 4) is 0 Å². The van der Waals surface area contributed by atoms with Crippen LogP contribution < -0.4 is 5.32 Å². The molecule has 0 spiro atoms. The second kappa shape index (κ2) is 8.36. The van der Waals surface area contributed by atoms with Crippen molar-refractivity contribution in [2.75, 3.05) is 6.61 Å². The normalized spacial score (nSPS) is 22.7. The van der Waals surface area contributed by atoms with Gasteiger partial charge in [0.25, 0.3) is 5.91 Å². The Hall–Kier alpha value is -2.05. The van der Waals surface area contributed by atoms with Gasteiger partial charge in [-0.15, -0.1) is 0 Å².